The third-order valence-electron chi connectivity index (χ3n) is 4.82. The van der Waals surface area contributed by atoms with Crippen LogP contribution in [0.25, 0.3) is 0 Å². The van der Waals surface area contributed by atoms with Crippen molar-refractivity contribution in [3.8, 4) is 0 Å². The molecule has 158 valence electrons. The second kappa shape index (κ2) is 11.7. The number of rotatable bonds is 5. The number of aryl methyl sites for hydroxylation is 1. The molecule has 0 unspecified atom stereocenters. The summed E-state index contributed by atoms with van der Waals surface area (Å²) in [5.74, 6) is 1.53. The Hall–Kier alpha value is -1.42. The molecule has 2 N–H and O–H groups in total. The Kier molecular flexibility index (Phi) is 9.61. The fourth-order valence-corrected chi connectivity index (χ4v) is 3.56. The van der Waals surface area contributed by atoms with Crippen LogP contribution >= 0.6 is 39.9 Å². The molecule has 1 fully saturated rings. The minimum absolute atomic E-state index is 0. The lowest BCUT2D eigenvalue weighted by Gasteiger charge is -2.33. The number of pyridine rings is 1. The molecule has 0 radical (unpaired) electrons. The largest absolute Gasteiger partial charge is 0.357 e. The standard InChI is InChI=1S/C21H27BrFN5.HI/c1-3-24-21(26-14-16-5-6-17(22)12-19(16)23)27-18-8-10-28(11-9-18)20-7-4-15(2)13-25-20;/h4-7,12-13,18H,3,8-11,14H2,1-2H3,(H2,24,26,27);1H. The van der Waals surface area contributed by atoms with Crippen LogP contribution in [0.4, 0.5) is 10.2 Å². The van der Waals surface area contributed by atoms with E-state index in [-0.39, 0.29) is 29.8 Å². The van der Waals surface area contributed by atoms with Crippen LogP contribution < -0.4 is 15.5 Å². The van der Waals surface area contributed by atoms with Gasteiger partial charge < -0.3 is 15.5 Å². The molecule has 1 saturated heterocycles. The second-order valence-corrected chi connectivity index (χ2v) is 7.95. The zero-order chi connectivity index (χ0) is 19.9. The minimum atomic E-state index is -0.243. The van der Waals surface area contributed by atoms with Crippen molar-refractivity contribution in [3.63, 3.8) is 0 Å². The number of anilines is 1. The van der Waals surface area contributed by atoms with E-state index < -0.39 is 0 Å². The number of hydrogen-bond donors (Lipinski definition) is 2. The monoisotopic (exact) mass is 575 g/mol. The van der Waals surface area contributed by atoms with Crippen LogP contribution in [-0.2, 0) is 6.54 Å². The molecule has 1 aliphatic heterocycles. The van der Waals surface area contributed by atoms with E-state index in [1.165, 1.54) is 11.6 Å². The van der Waals surface area contributed by atoms with Gasteiger partial charge in [0.05, 0.1) is 6.54 Å². The first-order valence-corrected chi connectivity index (χ1v) is 10.5. The molecule has 8 heteroatoms. The van der Waals surface area contributed by atoms with Crippen molar-refractivity contribution in [1.82, 2.24) is 15.6 Å². The molecule has 1 aromatic heterocycles. The summed E-state index contributed by atoms with van der Waals surface area (Å²) in [5.41, 5.74) is 1.76. The Balaban J connectivity index is 0.00000300. The third-order valence-corrected chi connectivity index (χ3v) is 5.32. The lowest BCUT2D eigenvalue weighted by atomic mass is 10.1. The van der Waals surface area contributed by atoms with Crippen molar-refractivity contribution in [2.24, 2.45) is 4.99 Å². The van der Waals surface area contributed by atoms with Crippen LogP contribution in [0.15, 0.2) is 46.0 Å². The number of guanidine groups is 1. The van der Waals surface area contributed by atoms with Gasteiger partial charge in [-0.1, -0.05) is 28.1 Å². The first-order valence-electron chi connectivity index (χ1n) is 9.71. The first kappa shape index (κ1) is 23.9. The molecule has 1 aliphatic rings. The summed E-state index contributed by atoms with van der Waals surface area (Å²) >= 11 is 3.28. The SMILES string of the molecule is CCNC(=NCc1ccc(Br)cc1F)NC1CCN(c2ccc(C)cn2)CC1.I. The molecule has 0 amide bonds. The number of aliphatic imine (C=N–C) groups is 1. The van der Waals surface area contributed by atoms with Gasteiger partial charge >= 0.3 is 0 Å². The number of nitrogens with zero attached hydrogens (tertiary/aromatic N) is 3. The lowest BCUT2D eigenvalue weighted by Crippen LogP contribution is -2.48. The van der Waals surface area contributed by atoms with Crippen molar-refractivity contribution in [3.05, 3.63) is 57.9 Å². The van der Waals surface area contributed by atoms with Crippen LogP contribution in [0, 0.1) is 12.7 Å². The van der Waals surface area contributed by atoms with Gasteiger partial charge in [0, 0.05) is 41.9 Å². The van der Waals surface area contributed by atoms with Crippen molar-refractivity contribution >= 4 is 51.7 Å². The zero-order valence-corrected chi connectivity index (χ0v) is 20.7. The molecule has 0 aliphatic carbocycles. The summed E-state index contributed by atoms with van der Waals surface area (Å²) in [6.45, 7) is 7.06. The molecule has 1 aromatic carbocycles. The lowest BCUT2D eigenvalue weighted by molar-refractivity contribution is 0.459. The maximum atomic E-state index is 14.0. The number of halogens is 3. The van der Waals surface area contributed by atoms with Gasteiger partial charge in [0.2, 0.25) is 0 Å². The second-order valence-electron chi connectivity index (χ2n) is 7.03. The van der Waals surface area contributed by atoms with Crippen molar-refractivity contribution in [1.29, 1.82) is 0 Å². The van der Waals surface area contributed by atoms with Gasteiger partial charge in [-0.2, -0.15) is 0 Å². The maximum absolute atomic E-state index is 14.0. The normalized spacial score (nSPS) is 15.0. The van der Waals surface area contributed by atoms with Crippen molar-refractivity contribution in [2.45, 2.75) is 39.3 Å². The molecule has 0 bridgehead atoms. The van der Waals surface area contributed by atoms with Crippen molar-refractivity contribution in [2.75, 3.05) is 24.5 Å². The molecule has 29 heavy (non-hydrogen) atoms. The highest BCUT2D eigenvalue weighted by molar-refractivity contribution is 14.0. The van der Waals surface area contributed by atoms with E-state index in [2.05, 4.69) is 60.5 Å². The molecule has 0 saturated carbocycles. The van der Waals surface area contributed by atoms with Gasteiger partial charge in [-0.15, -0.1) is 24.0 Å². The first-order chi connectivity index (χ1) is 13.5. The third kappa shape index (κ3) is 7.09. The molecule has 2 aromatic rings. The van der Waals surface area contributed by atoms with Gasteiger partial charge in [-0.25, -0.2) is 14.4 Å². The highest BCUT2D eigenvalue weighted by Crippen LogP contribution is 2.18. The summed E-state index contributed by atoms with van der Waals surface area (Å²) < 4.78 is 14.8. The summed E-state index contributed by atoms with van der Waals surface area (Å²) in [4.78, 5) is 11.4. The number of benzene rings is 1. The Labute approximate surface area is 197 Å². The Morgan fingerprint density at radius 3 is 2.66 bits per heavy atom. The maximum Gasteiger partial charge on any atom is 0.191 e. The summed E-state index contributed by atoms with van der Waals surface area (Å²) in [6, 6.07) is 9.60. The molecule has 0 spiro atoms. The molecule has 2 heterocycles. The Morgan fingerprint density at radius 2 is 2.03 bits per heavy atom. The van der Waals surface area contributed by atoms with Gasteiger partial charge in [-0.3, -0.25) is 0 Å². The molecular formula is C21H28BrFIN5. The smallest absolute Gasteiger partial charge is 0.191 e. The number of aromatic nitrogens is 1. The van der Waals surface area contributed by atoms with Crippen LogP contribution in [-0.4, -0.2) is 36.6 Å². The Bertz CT molecular complexity index is 807. The minimum Gasteiger partial charge on any atom is -0.357 e. The average molecular weight is 576 g/mol. The van der Waals surface area contributed by atoms with Gasteiger partial charge in [0.25, 0.3) is 0 Å². The average Bonchev–Trinajstić information content (AvgIpc) is 2.68. The predicted octanol–water partition coefficient (Wildman–Crippen LogP) is 4.63. The van der Waals surface area contributed by atoms with E-state index in [0.29, 0.717) is 18.2 Å². The van der Waals surface area contributed by atoms with Crippen LogP contribution in [0.2, 0.25) is 0 Å². The van der Waals surface area contributed by atoms with E-state index in [9.17, 15) is 4.39 Å². The van der Waals surface area contributed by atoms with E-state index in [1.54, 1.807) is 6.07 Å². The number of hydrogen-bond acceptors (Lipinski definition) is 3. The summed E-state index contributed by atoms with van der Waals surface area (Å²) in [7, 11) is 0. The fourth-order valence-electron chi connectivity index (χ4n) is 3.23. The summed E-state index contributed by atoms with van der Waals surface area (Å²) in [5, 5.41) is 6.76. The van der Waals surface area contributed by atoms with E-state index in [0.717, 1.165) is 48.7 Å². The van der Waals surface area contributed by atoms with Crippen LogP contribution in [0.3, 0.4) is 0 Å². The van der Waals surface area contributed by atoms with Crippen LogP contribution in [0.5, 0.6) is 0 Å². The van der Waals surface area contributed by atoms with Crippen LogP contribution in [0.1, 0.15) is 30.9 Å². The quantitative estimate of drug-likeness (QED) is 0.310. The molecular weight excluding hydrogens is 548 g/mol. The van der Waals surface area contributed by atoms with Gasteiger partial charge in [0.15, 0.2) is 5.96 Å². The van der Waals surface area contributed by atoms with E-state index in [1.807, 2.05) is 19.2 Å². The Morgan fingerprint density at radius 1 is 1.28 bits per heavy atom. The highest BCUT2D eigenvalue weighted by atomic mass is 127. The number of nitrogens with one attached hydrogen (secondary N) is 2. The molecule has 0 atom stereocenters. The van der Waals surface area contributed by atoms with E-state index >= 15 is 0 Å². The predicted molar refractivity (Wildman–Crippen MR) is 132 cm³/mol. The molecule has 3 rings (SSSR count). The fraction of sp³-hybridized carbons (Fsp3) is 0.429. The van der Waals surface area contributed by atoms with Gasteiger partial charge in [-0.05, 0) is 50.5 Å². The zero-order valence-electron chi connectivity index (χ0n) is 16.8. The highest BCUT2D eigenvalue weighted by Gasteiger charge is 2.20. The summed E-state index contributed by atoms with van der Waals surface area (Å²) in [6.07, 6.45) is 3.93. The number of piperidine rings is 1. The topological polar surface area (TPSA) is 52.6 Å². The van der Waals surface area contributed by atoms with Crippen molar-refractivity contribution < 1.29 is 4.39 Å². The molecule has 5 nitrogen and oxygen atoms in total. The van der Waals surface area contributed by atoms with E-state index in [4.69, 9.17) is 0 Å². The van der Waals surface area contributed by atoms with Gasteiger partial charge in [0.1, 0.15) is 11.6 Å².